The molecule has 0 amide bonds. The van der Waals surface area contributed by atoms with Crippen molar-refractivity contribution < 1.29 is 23.1 Å². The fraction of sp³-hybridized carbons (Fsp3) is 0.370. The van der Waals surface area contributed by atoms with Gasteiger partial charge in [0.05, 0.1) is 16.2 Å². The summed E-state index contributed by atoms with van der Waals surface area (Å²) in [4.78, 5) is 19.9. The van der Waals surface area contributed by atoms with E-state index in [1.165, 1.54) is 31.0 Å². The van der Waals surface area contributed by atoms with E-state index in [-0.39, 0.29) is 47.3 Å². The Morgan fingerprint density at radius 3 is 2.42 bits per heavy atom. The van der Waals surface area contributed by atoms with Crippen LogP contribution in [0.25, 0.3) is 11.3 Å². The average molecular weight is 561 g/mol. The van der Waals surface area contributed by atoms with Crippen LogP contribution in [0.4, 0.5) is 5.95 Å². The number of carboxylic acids is 1. The molecule has 0 spiro atoms. The normalized spacial score (nSPS) is 14.7. The molecular formula is C27H33ClN4O5S. The molecule has 11 heteroatoms. The average Bonchev–Trinajstić information content (AvgIpc) is 3.58. The molecule has 0 bridgehead atoms. The van der Waals surface area contributed by atoms with E-state index in [2.05, 4.69) is 21.6 Å². The lowest BCUT2D eigenvalue weighted by Gasteiger charge is -2.17. The first-order valence-electron chi connectivity index (χ1n) is 12.2. The molecule has 4 rings (SSSR count). The number of carboxylic acid groups (broad SMARTS) is 1. The number of halogens is 1. The summed E-state index contributed by atoms with van der Waals surface area (Å²) in [5.41, 5.74) is 9.79. The van der Waals surface area contributed by atoms with E-state index in [4.69, 9.17) is 10.5 Å². The number of aryl methyl sites for hydroxylation is 2. The quantitative estimate of drug-likeness (QED) is 0.298. The fourth-order valence-corrected chi connectivity index (χ4v) is 5.13. The van der Waals surface area contributed by atoms with Crippen LogP contribution in [0.15, 0.2) is 53.4 Å². The Morgan fingerprint density at radius 2 is 1.79 bits per heavy atom. The number of hydrogen-bond donors (Lipinski definition) is 3. The van der Waals surface area contributed by atoms with Crippen LogP contribution in [0, 0.1) is 19.3 Å². The minimum atomic E-state index is -4.17. The second-order valence-electron chi connectivity index (χ2n) is 10.0. The van der Waals surface area contributed by atoms with Crippen molar-refractivity contribution in [3.63, 3.8) is 0 Å². The third kappa shape index (κ3) is 7.21. The molecule has 1 aliphatic rings. The molecule has 1 atom stereocenters. The van der Waals surface area contributed by atoms with Gasteiger partial charge in [0, 0.05) is 17.7 Å². The summed E-state index contributed by atoms with van der Waals surface area (Å²) in [5, 5.41) is 9.24. The van der Waals surface area contributed by atoms with Gasteiger partial charge in [-0.25, -0.2) is 22.9 Å². The second-order valence-corrected chi connectivity index (χ2v) is 11.7. The van der Waals surface area contributed by atoms with Crippen LogP contribution in [0.3, 0.4) is 0 Å². The van der Waals surface area contributed by atoms with Gasteiger partial charge in [-0.1, -0.05) is 31.2 Å². The van der Waals surface area contributed by atoms with Crippen LogP contribution in [0.1, 0.15) is 54.1 Å². The summed E-state index contributed by atoms with van der Waals surface area (Å²) in [7, 11) is -4.17. The molecule has 38 heavy (non-hydrogen) atoms. The van der Waals surface area contributed by atoms with Crippen molar-refractivity contribution in [1.29, 1.82) is 0 Å². The molecule has 9 nitrogen and oxygen atoms in total. The molecule has 1 unspecified atom stereocenters. The Bertz CT molecular complexity index is 1410. The van der Waals surface area contributed by atoms with Gasteiger partial charge in [0.25, 0.3) is 10.0 Å². The highest BCUT2D eigenvalue weighted by molar-refractivity contribution is 7.92. The first-order valence-corrected chi connectivity index (χ1v) is 13.6. The number of aromatic carboxylic acids is 1. The summed E-state index contributed by atoms with van der Waals surface area (Å²) < 4.78 is 34.4. The van der Waals surface area contributed by atoms with E-state index in [1.807, 2.05) is 32.0 Å². The zero-order chi connectivity index (χ0) is 26.8. The minimum absolute atomic E-state index is 0. The molecule has 1 heterocycles. The fourth-order valence-electron chi connectivity index (χ4n) is 4.14. The van der Waals surface area contributed by atoms with Crippen molar-refractivity contribution in [2.24, 2.45) is 11.1 Å². The van der Waals surface area contributed by atoms with E-state index >= 15 is 0 Å². The number of aromatic nitrogens is 2. The predicted molar refractivity (Wildman–Crippen MR) is 148 cm³/mol. The van der Waals surface area contributed by atoms with Crippen LogP contribution in [0.2, 0.25) is 0 Å². The van der Waals surface area contributed by atoms with E-state index in [0.717, 1.165) is 35.6 Å². The van der Waals surface area contributed by atoms with E-state index < -0.39 is 16.0 Å². The van der Waals surface area contributed by atoms with Crippen LogP contribution >= 0.6 is 12.4 Å². The van der Waals surface area contributed by atoms with Gasteiger partial charge in [0.2, 0.25) is 11.8 Å². The summed E-state index contributed by atoms with van der Waals surface area (Å²) in [6, 6.07) is 12.4. The highest BCUT2D eigenvalue weighted by Crippen LogP contribution is 2.49. The number of benzene rings is 2. The molecule has 0 radical (unpaired) electrons. The lowest BCUT2D eigenvalue weighted by atomic mass is 10.00. The summed E-state index contributed by atoms with van der Waals surface area (Å²) in [6.45, 7) is 6.37. The number of ether oxygens (including phenoxy) is 1. The Balaban J connectivity index is 0.00000400. The van der Waals surface area contributed by atoms with Gasteiger partial charge in [0.1, 0.15) is 6.61 Å². The minimum Gasteiger partial charge on any atom is -0.478 e. The highest BCUT2D eigenvalue weighted by Gasteiger charge is 2.36. The molecule has 0 aliphatic heterocycles. The van der Waals surface area contributed by atoms with E-state index in [0.29, 0.717) is 11.1 Å². The Labute approximate surface area is 229 Å². The molecule has 1 aromatic heterocycles. The van der Waals surface area contributed by atoms with Crippen LogP contribution < -0.4 is 15.2 Å². The lowest BCUT2D eigenvalue weighted by molar-refractivity contribution is 0.0696. The van der Waals surface area contributed by atoms with Gasteiger partial charge in [-0.3, -0.25) is 0 Å². The molecule has 4 N–H and O–H groups in total. The molecule has 1 saturated carbocycles. The van der Waals surface area contributed by atoms with Crippen LogP contribution in [0.5, 0.6) is 5.88 Å². The van der Waals surface area contributed by atoms with Crippen molar-refractivity contribution in [3.05, 3.63) is 65.2 Å². The van der Waals surface area contributed by atoms with Gasteiger partial charge < -0.3 is 15.6 Å². The topological polar surface area (TPSA) is 144 Å². The number of nitrogens with zero attached hydrogens (tertiary/aromatic N) is 2. The molecule has 1 aliphatic carbocycles. The number of anilines is 1. The zero-order valence-electron chi connectivity index (χ0n) is 21.6. The lowest BCUT2D eigenvalue weighted by Crippen LogP contribution is -2.28. The first kappa shape index (κ1) is 29.3. The smallest absolute Gasteiger partial charge is 0.335 e. The maximum Gasteiger partial charge on any atom is 0.335 e. The SMILES string of the molecule is Cc1cccc(C)c1-c1cc(OCC(N)CCC2(C)CC2)nc(NS(=O)(=O)c2cccc(C(=O)O)c2)n1.Cl. The van der Waals surface area contributed by atoms with Crippen molar-refractivity contribution in [2.45, 2.75) is 57.4 Å². The molecule has 3 aromatic rings. The number of nitrogens with two attached hydrogens (primary N) is 1. The number of nitrogens with one attached hydrogen (secondary N) is 1. The van der Waals surface area contributed by atoms with E-state index in [1.54, 1.807) is 6.07 Å². The molecular weight excluding hydrogens is 528 g/mol. The van der Waals surface area contributed by atoms with Gasteiger partial charge in [-0.15, -0.1) is 12.4 Å². The standard InChI is InChI=1S/C27H32N4O5S.ClH/c1-17-6-4-7-18(2)24(17)22-15-23(36-16-20(28)10-11-27(3)12-13-27)30-26(29-22)31-37(34,35)21-9-5-8-19(14-21)25(32)33;/h4-9,14-15,20H,10-13,16,28H2,1-3H3,(H,32,33)(H,29,30,31);1H. The summed E-state index contributed by atoms with van der Waals surface area (Å²) in [6.07, 6.45) is 4.31. The Kier molecular flexibility index (Phi) is 9.01. The van der Waals surface area contributed by atoms with Gasteiger partial charge in [-0.2, -0.15) is 4.98 Å². The van der Waals surface area contributed by atoms with Crippen molar-refractivity contribution in [2.75, 3.05) is 11.3 Å². The number of carbonyl (C=O) groups is 1. The second kappa shape index (κ2) is 11.7. The third-order valence-corrected chi connectivity index (χ3v) is 8.05. The number of hydrogen-bond acceptors (Lipinski definition) is 7. The zero-order valence-corrected chi connectivity index (χ0v) is 23.2. The third-order valence-electron chi connectivity index (χ3n) is 6.72. The van der Waals surface area contributed by atoms with Crippen LogP contribution in [-0.2, 0) is 10.0 Å². The van der Waals surface area contributed by atoms with Crippen molar-refractivity contribution >= 4 is 34.3 Å². The predicted octanol–water partition coefficient (Wildman–Crippen LogP) is 4.97. The summed E-state index contributed by atoms with van der Waals surface area (Å²) >= 11 is 0. The molecule has 1 fully saturated rings. The largest absolute Gasteiger partial charge is 0.478 e. The van der Waals surface area contributed by atoms with Crippen molar-refractivity contribution in [1.82, 2.24) is 9.97 Å². The first-order chi connectivity index (χ1) is 17.5. The molecule has 0 saturated heterocycles. The van der Waals surface area contributed by atoms with E-state index in [9.17, 15) is 18.3 Å². The number of sulfonamides is 1. The van der Waals surface area contributed by atoms with Gasteiger partial charge in [0.15, 0.2) is 0 Å². The maximum absolute atomic E-state index is 13.1. The van der Waals surface area contributed by atoms with Gasteiger partial charge in [-0.05, 0) is 74.3 Å². The highest BCUT2D eigenvalue weighted by atomic mass is 35.5. The van der Waals surface area contributed by atoms with Crippen molar-refractivity contribution in [3.8, 4) is 17.1 Å². The van der Waals surface area contributed by atoms with Gasteiger partial charge >= 0.3 is 5.97 Å². The monoisotopic (exact) mass is 560 g/mol. The Morgan fingerprint density at radius 1 is 1.13 bits per heavy atom. The number of rotatable bonds is 11. The maximum atomic E-state index is 13.1. The summed E-state index contributed by atoms with van der Waals surface area (Å²) in [5.74, 6) is -1.22. The Hall–Kier alpha value is -3.21. The molecule has 204 valence electrons. The molecule has 2 aromatic carbocycles. The van der Waals surface area contributed by atoms with Crippen LogP contribution in [-0.4, -0.2) is 42.1 Å².